The number of carbonyl (C=O) groups is 1. The molecule has 1 atom stereocenters. The van der Waals surface area contributed by atoms with Crippen LogP contribution in [0.25, 0.3) is 0 Å². The minimum Gasteiger partial charge on any atom is -0.468 e. The van der Waals surface area contributed by atoms with Crippen LogP contribution in [-0.2, 0) is 13.0 Å². The average molecular weight is 345 g/mol. The molecule has 1 N–H and O–H groups in total. The van der Waals surface area contributed by atoms with E-state index in [0.717, 1.165) is 50.4 Å². The summed E-state index contributed by atoms with van der Waals surface area (Å²) in [6.45, 7) is 7.77. The summed E-state index contributed by atoms with van der Waals surface area (Å²) in [5.41, 5.74) is 0.836. The minimum atomic E-state index is -0.175. The van der Waals surface area contributed by atoms with Gasteiger partial charge < -0.3 is 14.3 Å². The molecule has 0 saturated carbocycles. The standard InChI is InChI=1S/C19H27N3O3/c1-14(2)9-16-10-18(25-21-16)19(23)20-11-15-5-3-7-22(12-15)13-17-6-4-8-24-17/h4,6,8,10,14-15H,3,5,7,9,11-13H2,1-2H3,(H,20,23). The van der Waals surface area contributed by atoms with E-state index in [9.17, 15) is 4.79 Å². The highest BCUT2D eigenvalue weighted by molar-refractivity contribution is 5.91. The van der Waals surface area contributed by atoms with E-state index in [1.165, 1.54) is 0 Å². The number of carbonyl (C=O) groups excluding carboxylic acids is 1. The molecule has 0 aliphatic carbocycles. The Balaban J connectivity index is 1.45. The summed E-state index contributed by atoms with van der Waals surface area (Å²) >= 11 is 0. The Kier molecular flexibility index (Phi) is 5.91. The highest BCUT2D eigenvalue weighted by Gasteiger charge is 2.22. The van der Waals surface area contributed by atoms with E-state index < -0.39 is 0 Å². The molecule has 2 aromatic rings. The number of piperidine rings is 1. The lowest BCUT2D eigenvalue weighted by molar-refractivity contribution is 0.0892. The minimum absolute atomic E-state index is 0.175. The van der Waals surface area contributed by atoms with Gasteiger partial charge >= 0.3 is 0 Å². The first-order chi connectivity index (χ1) is 12.1. The van der Waals surface area contributed by atoms with Crippen LogP contribution in [0.2, 0.25) is 0 Å². The van der Waals surface area contributed by atoms with Gasteiger partial charge in [-0.05, 0) is 49.8 Å². The molecule has 6 heteroatoms. The molecule has 1 saturated heterocycles. The van der Waals surface area contributed by atoms with Crippen molar-refractivity contribution < 1.29 is 13.7 Å². The van der Waals surface area contributed by atoms with E-state index in [1.807, 2.05) is 12.1 Å². The predicted octanol–water partition coefficient (Wildman–Crippen LogP) is 3.11. The van der Waals surface area contributed by atoms with Gasteiger partial charge in [-0.15, -0.1) is 0 Å². The Morgan fingerprint density at radius 1 is 1.48 bits per heavy atom. The van der Waals surface area contributed by atoms with E-state index in [0.29, 0.717) is 24.1 Å². The van der Waals surface area contributed by atoms with Crippen LogP contribution in [0.3, 0.4) is 0 Å². The summed E-state index contributed by atoms with van der Waals surface area (Å²) in [4.78, 5) is 14.6. The number of hydrogen-bond acceptors (Lipinski definition) is 5. The Hall–Kier alpha value is -2.08. The highest BCUT2D eigenvalue weighted by atomic mass is 16.5. The zero-order valence-corrected chi connectivity index (χ0v) is 15.0. The van der Waals surface area contributed by atoms with E-state index in [2.05, 4.69) is 29.2 Å². The number of furan rings is 1. The Bertz CT molecular complexity index is 663. The van der Waals surface area contributed by atoms with Crippen LogP contribution in [0.5, 0.6) is 0 Å². The van der Waals surface area contributed by atoms with Gasteiger partial charge in [0.2, 0.25) is 5.76 Å². The van der Waals surface area contributed by atoms with E-state index in [4.69, 9.17) is 8.94 Å². The molecular formula is C19H27N3O3. The SMILES string of the molecule is CC(C)Cc1cc(C(=O)NCC2CCCN(Cc3ccco3)C2)on1. The van der Waals surface area contributed by atoms with E-state index in [-0.39, 0.29) is 5.91 Å². The topological polar surface area (TPSA) is 71.5 Å². The maximum Gasteiger partial charge on any atom is 0.289 e. The molecule has 136 valence electrons. The molecule has 0 radical (unpaired) electrons. The summed E-state index contributed by atoms with van der Waals surface area (Å²) in [7, 11) is 0. The lowest BCUT2D eigenvalue weighted by Crippen LogP contribution is -2.40. The van der Waals surface area contributed by atoms with Crippen molar-refractivity contribution >= 4 is 5.91 Å². The van der Waals surface area contributed by atoms with Crippen molar-refractivity contribution in [2.24, 2.45) is 11.8 Å². The summed E-state index contributed by atoms with van der Waals surface area (Å²) < 4.78 is 10.6. The van der Waals surface area contributed by atoms with Gasteiger partial charge in [-0.25, -0.2) is 0 Å². The van der Waals surface area contributed by atoms with Gasteiger partial charge in [-0.2, -0.15) is 0 Å². The molecule has 0 spiro atoms. The molecule has 0 aromatic carbocycles. The second-order valence-corrected chi connectivity index (χ2v) is 7.31. The van der Waals surface area contributed by atoms with Crippen molar-refractivity contribution in [3.63, 3.8) is 0 Å². The smallest absolute Gasteiger partial charge is 0.289 e. The van der Waals surface area contributed by atoms with Crippen molar-refractivity contribution in [2.45, 2.75) is 39.7 Å². The number of nitrogens with zero attached hydrogens (tertiary/aromatic N) is 2. The highest BCUT2D eigenvalue weighted by Crippen LogP contribution is 2.18. The lowest BCUT2D eigenvalue weighted by atomic mass is 9.98. The van der Waals surface area contributed by atoms with Crippen molar-refractivity contribution in [3.8, 4) is 0 Å². The van der Waals surface area contributed by atoms with Crippen molar-refractivity contribution in [1.29, 1.82) is 0 Å². The van der Waals surface area contributed by atoms with Gasteiger partial charge in [0.1, 0.15) is 5.76 Å². The average Bonchev–Trinajstić information content (AvgIpc) is 3.24. The summed E-state index contributed by atoms with van der Waals surface area (Å²) in [6, 6.07) is 5.67. The Morgan fingerprint density at radius 2 is 2.36 bits per heavy atom. The van der Waals surface area contributed by atoms with Crippen molar-refractivity contribution in [3.05, 3.63) is 41.7 Å². The van der Waals surface area contributed by atoms with Gasteiger partial charge in [0.15, 0.2) is 0 Å². The number of hydrogen-bond donors (Lipinski definition) is 1. The fourth-order valence-corrected chi connectivity index (χ4v) is 3.34. The molecule has 3 rings (SSSR count). The molecule has 1 aliphatic rings. The fourth-order valence-electron chi connectivity index (χ4n) is 3.34. The summed E-state index contributed by atoms with van der Waals surface area (Å²) in [5, 5.41) is 6.96. The van der Waals surface area contributed by atoms with Crippen LogP contribution < -0.4 is 5.32 Å². The van der Waals surface area contributed by atoms with E-state index >= 15 is 0 Å². The van der Waals surface area contributed by atoms with Gasteiger partial charge in [-0.1, -0.05) is 19.0 Å². The van der Waals surface area contributed by atoms with Gasteiger partial charge in [0.05, 0.1) is 18.5 Å². The first-order valence-corrected chi connectivity index (χ1v) is 9.08. The third kappa shape index (κ3) is 5.19. The molecule has 2 aromatic heterocycles. The molecule has 0 bridgehead atoms. The lowest BCUT2D eigenvalue weighted by Gasteiger charge is -2.32. The zero-order valence-electron chi connectivity index (χ0n) is 15.0. The van der Waals surface area contributed by atoms with Crippen LogP contribution in [-0.4, -0.2) is 35.6 Å². The number of nitrogens with one attached hydrogen (secondary N) is 1. The van der Waals surface area contributed by atoms with E-state index in [1.54, 1.807) is 12.3 Å². The Labute approximate surface area is 148 Å². The largest absolute Gasteiger partial charge is 0.468 e. The zero-order chi connectivity index (χ0) is 17.6. The number of aromatic nitrogens is 1. The van der Waals surface area contributed by atoms with Gasteiger partial charge in [-0.3, -0.25) is 9.69 Å². The first kappa shape index (κ1) is 17.7. The molecule has 1 amide bonds. The normalized spacial score (nSPS) is 18.6. The van der Waals surface area contributed by atoms with Gasteiger partial charge in [0.25, 0.3) is 5.91 Å². The monoisotopic (exact) mass is 345 g/mol. The van der Waals surface area contributed by atoms with Crippen LogP contribution in [0.1, 0.15) is 48.7 Å². The van der Waals surface area contributed by atoms with Gasteiger partial charge in [0, 0.05) is 19.2 Å². The van der Waals surface area contributed by atoms with Crippen LogP contribution in [0, 0.1) is 11.8 Å². The quantitative estimate of drug-likeness (QED) is 0.835. The number of rotatable bonds is 7. The molecule has 25 heavy (non-hydrogen) atoms. The second-order valence-electron chi connectivity index (χ2n) is 7.31. The summed E-state index contributed by atoms with van der Waals surface area (Å²) in [6.07, 6.45) is 4.80. The summed E-state index contributed by atoms with van der Waals surface area (Å²) in [5.74, 6) is 2.06. The second kappa shape index (κ2) is 8.34. The van der Waals surface area contributed by atoms with Crippen molar-refractivity contribution in [1.82, 2.24) is 15.4 Å². The Morgan fingerprint density at radius 3 is 3.12 bits per heavy atom. The number of amides is 1. The molecule has 1 fully saturated rings. The fraction of sp³-hybridized carbons (Fsp3) is 0.579. The molecular weight excluding hydrogens is 318 g/mol. The van der Waals surface area contributed by atoms with Crippen LogP contribution in [0.4, 0.5) is 0 Å². The maximum absolute atomic E-state index is 12.3. The molecule has 3 heterocycles. The van der Waals surface area contributed by atoms with Crippen molar-refractivity contribution in [2.75, 3.05) is 19.6 Å². The molecule has 1 unspecified atom stereocenters. The third-order valence-corrected chi connectivity index (χ3v) is 4.51. The predicted molar refractivity (Wildman–Crippen MR) is 94.1 cm³/mol. The van der Waals surface area contributed by atoms with Crippen LogP contribution in [0.15, 0.2) is 33.4 Å². The number of likely N-dealkylation sites (tertiary alicyclic amines) is 1. The molecule has 1 aliphatic heterocycles. The first-order valence-electron chi connectivity index (χ1n) is 9.08. The van der Waals surface area contributed by atoms with Crippen LogP contribution >= 0.6 is 0 Å². The third-order valence-electron chi connectivity index (χ3n) is 4.51. The maximum atomic E-state index is 12.3. The molecule has 6 nitrogen and oxygen atoms in total.